The quantitative estimate of drug-likeness (QED) is 0.197. The van der Waals surface area contributed by atoms with Crippen LogP contribution in [0.25, 0.3) is 0 Å². The lowest BCUT2D eigenvalue weighted by Crippen LogP contribution is -2.37. The average Bonchev–Trinajstić information content (AvgIpc) is 2.68. The van der Waals surface area contributed by atoms with E-state index in [1.54, 1.807) is 13.1 Å². The fourth-order valence-electron chi connectivity index (χ4n) is 2.40. The fraction of sp³-hybridized carbons (Fsp3) is 0.500. The van der Waals surface area contributed by atoms with E-state index in [1.165, 1.54) is 7.11 Å². The van der Waals surface area contributed by atoms with E-state index in [9.17, 15) is 4.79 Å². The van der Waals surface area contributed by atoms with Crippen LogP contribution >= 0.6 is 0 Å². The Morgan fingerprint density at radius 1 is 1.19 bits per heavy atom. The zero-order chi connectivity index (χ0) is 19.0. The number of carbonyl (C=O) groups excluding carboxylic acids is 1. The fourth-order valence-corrected chi connectivity index (χ4v) is 2.40. The van der Waals surface area contributed by atoms with Gasteiger partial charge in [-0.05, 0) is 18.9 Å². The summed E-state index contributed by atoms with van der Waals surface area (Å²) in [6, 6.07) is 7.92. The predicted octanol–water partition coefficient (Wildman–Crippen LogP) is 3.04. The van der Waals surface area contributed by atoms with Crippen LogP contribution in [0.2, 0.25) is 0 Å². The minimum absolute atomic E-state index is 0.134. The third kappa shape index (κ3) is 9.11. The Hall–Kier alpha value is -2.50. The van der Waals surface area contributed by atoms with Crippen LogP contribution in [0.3, 0.4) is 0 Å². The maximum absolute atomic E-state index is 11.0. The van der Waals surface area contributed by atoms with Crippen molar-refractivity contribution in [1.82, 2.24) is 10.6 Å². The Kier molecular flexibility index (Phi) is 11.4. The highest BCUT2D eigenvalue weighted by molar-refractivity contribution is 5.79. The maximum Gasteiger partial charge on any atom is 0.305 e. The minimum Gasteiger partial charge on any atom is -0.489 e. The van der Waals surface area contributed by atoms with Crippen molar-refractivity contribution < 1.29 is 14.3 Å². The summed E-state index contributed by atoms with van der Waals surface area (Å²) in [7, 11) is 3.18. The highest BCUT2D eigenvalue weighted by Gasteiger charge is 2.04. The molecule has 0 aliphatic carbocycles. The number of nitrogens with zero attached hydrogens (tertiary/aromatic N) is 1. The standard InChI is InChI=1S/C20H31N3O3/c1-4-15-26-18-12-9-8-11-17(18)16-23-20(21-2)22-14-10-6-5-7-13-19(24)25-3/h4,8-9,11-12H,1,5-7,10,13-16H2,2-3H3,(H2,21,22,23). The first kappa shape index (κ1) is 21.5. The third-order valence-electron chi connectivity index (χ3n) is 3.83. The Bertz CT molecular complexity index is 573. The molecular weight excluding hydrogens is 330 g/mol. The smallest absolute Gasteiger partial charge is 0.305 e. The molecule has 0 saturated heterocycles. The van der Waals surface area contributed by atoms with Crippen molar-refractivity contribution in [3.63, 3.8) is 0 Å². The molecule has 6 nitrogen and oxygen atoms in total. The van der Waals surface area contributed by atoms with Gasteiger partial charge in [0.25, 0.3) is 0 Å². The summed E-state index contributed by atoms with van der Waals surface area (Å²) in [4.78, 5) is 15.3. The second kappa shape index (κ2) is 13.8. The molecule has 0 radical (unpaired) electrons. The molecule has 0 bridgehead atoms. The van der Waals surface area contributed by atoms with Crippen molar-refractivity contribution >= 4 is 11.9 Å². The summed E-state index contributed by atoms with van der Waals surface area (Å²) in [6.45, 7) is 5.63. The molecule has 0 heterocycles. The SMILES string of the molecule is C=CCOc1ccccc1CNC(=NC)NCCCCCCC(=O)OC. The number of hydrogen-bond acceptors (Lipinski definition) is 4. The third-order valence-corrected chi connectivity index (χ3v) is 3.83. The van der Waals surface area contributed by atoms with Crippen molar-refractivity contribution in [2.24, 2.45) is 4.99 Å². The largest absolute Gasteiger partial charge is 0.489 e. The van der Waals surface area contributed by atoms with Crippen LogP contribution in [0.4, 0.5) is 0 Å². The lowest BCUT2D eigenvalue weighted by atomic mass is 10.1. The normalized spacial score (nSPS) is 10.9. The van der Waals surface area contributed by atoms with Gasteiger partial charge >= 0.3 is 5.97 Å². The lowest BCUT2D eigenvalue weighted by Gasteiger charge is -2.14. The van der Waals surface area contributed by atoms with Crippen molar-refractivity contribution in [3.8, 4) is 5.75 Å². The summed E-state index contributed by atoms with van der Waals surface area (Å²) >= 11 is 0. The highest BCUT2D eigenvalue weighted by atomic mass is 16.5. The molecule has 0 aliphatic rings. The molecule has 6 heteroatoms. The average molecular weight is 361 g/mol. The molecule has 1 aromatic rings. The van der Waals surface area contributed by atoms with Gasteiger partial charge in [-0.25, -0.2) is 0 Å². The van der Waals surface area contributed by atoms with Gasteiger partial charge in [-0.2, -0.15) is 0 Å². The second-order valence-electron chi connectivity index (χ2n) is 5.80. The number of nitrogens with one attached hydrogen (secondary N) is 2. The Morgan fingerprint density at radius 2 is 1.96 bits per heavy atom. The number of methoxy groups -OCH3 is 1. The first-order valence-electron chi connectivity index (χ1n) is 9.04. The van der Waals surface area contributed by atoms with Crippen LogP contribution in [0.15, 0.2) is 41.9 Å². The second-order valence-corrected chi connectivity index (χ2v) is 5.80. The minimum atomic E-state index is -0.134. The van der Waals surface area contributed by atoms with E-state index in [0.29, 0.717) is 19.6 Å². The number of unbranched alkanes of at least 4 members (excludes halogenated alkanes) is 3. The van der Waals surface area contributed by atoms with Crippen molar-refractivity contribution in [3.05, 3.63) is 42.5 Å². The van der Waals surface area contributed by atoms with E-state index in [0.717, 1.165) is 49.5 Å². The Labute approximate surface area is 156 Å². The molecule has 0 saturated carbocycles. The molecule has 0 atom stereocenters. The topological polar surface area (TPSA) is 72.0 Å². The molecule has 2 N–H and O–H groups in total. The summed E-state index contributed by atoms with van der Waals surface area (Å²) in [5, 5.41) is 6.60. The number of aliphatic imine (C=N–C) groups is 1. The van der Waals surface area contributed by atoms with Gasteiger partial charge in [0.05, 0.1) is 7.11 Å². The molecule has 0 fully saturated rings. The molecule has 26 heavy (non-hydrogen) atoms. The van der Waals surface area contributed by atoms with E-state index in [1.807, 2.05) is 24.3 Å². The van der Waals surface area contributed by atoms with Gasteiger partial charge in [-0.15, -0.1) is 0 Å². The molecule has 0 amide bonds. The van der Waals surface area contributed by atoms with E-state index in [4.69, 9.17) is 4.74 Å². The van der Waals surface area contributed by atoms with E-state index in [-0.39, 0.29) is 5.97 Å². The number of carbonyl (C=O) groups is 1. The van der Waals surface area contributed by atoms with Crippen LogP contribution < -0.4 is 15.4 Å². The van der Waals surface area contributed by atoms with Crippen LogP contribution in [0.5, 0.6) is 5.75 Å². The summed E-state index contributed by atoms with van der Waals surface area (Å²) < 4.78 is 10.3. The van der Waals surface area contributed by atoms with Crippen LogP contribution in [-0.4, -0.2) is 39.2 Å². The molecule has 0 unspecified atom stereocenters. The number of guanidine groups is 1. The first-order valence-corrected chi connectivity index (χ1v) is 9.04. The molecule has 1 rings (SSSR count). The zero-order valence-corrected chi connectivity index (χ0v) is 15.9. The van der Waals surface area contributed by atoms with Crippen LogP contribution in [0, 0.1) is 0 Å². The first-order chi connectivity index (χ1) is 12.7. The van der Waals surface area contributed by atoms with Gasteiger partial charge in [-0.3, -0.25) is 9.79 Å². The number of ether oxygens (including phenoxy) is 2. The predicted molar refractivity (Wildman–Crippen MR) is 105 cm³/mol. The summed E-state index contributed by atoms with van der Waals surface area (Å²) in [6.07, 6.45) is 6.23. The van der Waals surface area contributed by atoms with E-state index in [2.05, 4.69) is 26.9 Å². The highest BCUT2D eigenvalue weighted by Crippen LogP contribution is 2.17. The lowest BCUT2D eigenvalue weighted by molar-refractivity contribution is -0.140. The maximum atomic E-state index is 11.0. The molecule has 1 aromatic carbocycles. The van der Waals surface area contributed by atoms with Gasteiger partial charge in [0.2, 0.25) is 0 Å². The van der Waals surface area contributed by atoms with Gasteiger partial charge in [0.15, 0.2) is 5.96 Å². The van der Waals surface area contributed by atoms with Crippen molar-refractivity contribution in [1.29, 1.82) is 0 Å². The van der Waals surface area contributed by atoms with Crippen molar-refractivity contribution in [2.75, 3.05) is 27.3 Å². The monoisotopic (exact) mass is 361 g/mol. The molecule has 0 spiro atoms. The Morgan fingerprint density at radius 3 is 2.69 bits per heavy atom. The molecule has 0 aliphatic heterocycles. The summed E-state index contributed by atoms with van der Waals surface area (Å²) in [5.74, 6) is 1.48. The number of benzene rings is 1. The van der Waals surface area contributed by atoms with Gasteiger partial charge in [0, 0.05) is 32.1 Å². The van der Waals surface area contributed by atoms with Crippen LogP contribution in [-0.2, 0) is 16.1 Å². The van der Waals surface area contributed by atoms with Crippen LogP contribution in [0.1, 0.15) is 37.7 Å². The molecule has 0 aromatic heterocycles. The Balaban J connectivity index is 2.25. The number of hydrogen-bond donors (Lipinski definition) is 2. The van der Waals surface area contributed by atoms with Gasteiger partial charge in [-0.1, -0.05) is 43.7 Å². The molecule has 144 valence electrons. The molecular formula is C20H31N3O3. The van der Waals surface area contributed by atoms with Gasteiger partial charge < -0.3 is 20.1 Å². The zero-order valence-electron chi connectivity index (χ0n) is 15.9. The number of esters is 1. The van der Waals surface area contributed by atoms with Gasteiger partial charge in [0.1, 0.15) is 12.4 Å². The van der Waals surface area contributed by atoms with Crippen molar-refractivity contribution in [2.45, 2.75) is 38.6 Å². The van der Waals surface area contributed by atoms with E-state index >= 15 is 0 Å². The number of para-hydroxylation sites is 1. The van der Waals surface area contributed by atoms with E-state index < -0.39 is 0 Å². The summed E-state index contributed by atoms with van der Waals surface area (Å²) in [5.41, 5.74) is 1.07. The number of rotatable bonds is 12.